The highest BCUT2D eigenvalue weighted by Gasteiger charge is 2.22. The van der Waals surface area contributed by atoms with Gasteiger partial charge in [-0.15, -0.1) is 0 Å². The molecule has 1 rings (SSSR count). The molecular weight excluding hydrogens is 548 g/mol. The van der Waals surface area contributed by atoms with Crippen molar-refractivity contribution < 1.29 is 42.9 Å². The van der Waals surface area contributed by atoms with Gasteiger partial charge < -0.3 is 40.6 Å². The van der Waals surface area contributed by atoms with E-state index in [2.05, 4.69) is 16.0 Å². The number of rotatable bonds is 25. The minimum Gasteiger partial charge on any atom is -0.447 e. The lowest BCUT2D eigenvalue weighted by atomic mass is 9.99. The number of carbonyl (C=O) groups excluding carboxylic acids is 5. The van der Waals surface area contributed by atoms with Crippen LogP contribution in [0.4, 0.5) is 4.79 Å². The Morgan fingerprint density at radius 2 is 1.48 bits per heavy atom. The third-order valence-corrected chi connectivity index (χ3v) is 5.84. The Balaban J connectivity index is 2.42. The van der Waals surface area contributed by atoms with Gasteiger partial charge in [-0.05, 0) is 31.4 Å². The van der Waals surface area contributed by atoms with E-state index in [0.29, 0.717) is 52.4 Å². The third-order valence-electron chi connectivity index (χ3n) is 5.84. The van der Waals surface area contributed by atoms with Crippen LogP contribution in [0, 0.1) is 0 Å². The van der Waals surface area contributed by atoms with Crippen molar-refractivity contribution in [1.82, 2.24) is 16.0 Å². The van der Waals surface area contributed by atoms with Crippen molar-refractivity contribution >= 4 is 29.5 Å². The number of ether oxygens (including phenoxy) is 4. The molecule has 0 aliphatic heterocycles. The lowest BCUT2D eigenvalue weighted by Crippen LogP contribution is -2.43. The first kappa shape index (κ1) is 36.6. The Labute approximate surface area is 247 Å². The number of methoxy groups -OCH3 is 1. The van der Waals surface area contributed by atoms with Crippen molar-refractivity contribution in [1.29, 1.82) is 0 Å². The van der Waals surface area contributed by atoms with Crippen LogP contribution in [0.3, 0.4) is 0 Å². The standard InChI is InChI=1S/C29H46N4O9/c1-39-17-18-41-16-6-14-31-27(36)12-10-26(35)25(21-23-7-3-2-4-8-23)33-28(37)11-9-24(34)22-32-29(38)42-20-19-40-15-5-13-30/h2-4,7-8,25H,5-6,9-22,30H2,1H3,(H,31,36)(H,32,38)(H,33,37). The highest BCUT2D eigenvalue weighted by atomic mass is 16.6. The molecule has 42 heavy (non-hydrogen) atoms. The number of alkyl carbamates (subject to hydrolysis) is 1. The molecule has 0 bridgehead atoms. The topological polar surface area (TPSA) is 184 Å². The van der Waals surface area contributed by atoms with E-state index < -0.39 is 18.0 Å². The molecule has 0 saturated heterocycles. The molecule has 0 spiro atoms. The molecule has 236 valence electrons. The minimum atomic E-state index is -0.850. The fourth-order valence-electron chi connectivity index (χ4n) is 3.55. The summed E-state index contributed by atoms with van der Waals surface area (Å²) in [5.74, 6) is -1.39. The van der Waals surface area contributed by atoms with Crippen LogP contribution >= 0.6 is 0 Å². The summed E-state index contributed by atoms with van der Waals surface area (Å²) in [5, 5.41) is 7.79. The van der Waals surface area contributed by atoms with Gasteiger partial charge in [-0.3, -0.25) is 19.2 Å². The van der Waals surface area contributed by atoms with Crippen molar-refractivity contribution in [2.24, 2.45) is 5.73 Å². The zero-order valence-electron chi connectivity index (χ0n) is 24.5. The van der Waals surface area contributed by atoms with Gasteiger partial charge in [0.25, 0.3) is 0 Å². The molecule has 0 aliphatic rings. The van der Waals surface area contributed by atoms with Crippen molar-refractivity contribution in [3.8, 4) is 0 Å². The summed E-state index contributed by atoms with van der Waals surface area (Å²) in [4.78, 5) is 61.6. The number of nitrogens with two attached hydrogens (primary N) is 1. The first-order chi connectivity index (χ1) is 20.3. The summed E-state index contributed by atoms with van der Waals surface area (Å²) in [7, 11) is 1.59. The molecule has 1 unspecified atom stereocenters. The molecule has 1 atom stereocenters. The summed E-state index contributed by atoms with van der Waals surface area (Å²) in [6, 6.07) is 8.34. The van der Waals surface area contributed by atoms with Crippen LogP contribution in [0.15, 0.2) is 30.3 Å². The SMILES string of the molecule is COCCOCCCNC(=O)CCC(=O)C(Cc1ccccc1)NC(=O)CCC(=O)CNC(=O)OCCOCCCN. The Hall–Kier alpha value is -3.39. The summed E-state index contributed by atoms with van der Waals surface area (Å²) >= 11 is 0. The van der Waals surface area contributed by atoms with E-state index in [1.54, 1.807) is 7.11 Å². The predicted octanol–water partition coefficient (Wildman–Crippen LogP) is 0.673. The first-order valence-electron chi connectivity index (χ1n) is 14.2. The summed E-state index contributed by atoms with van der Waals surface area (Å²) in [6.07, 6.45) is 0.498. The summed E-state index contributed by atoms with van der Waals surface area (Å²) in [5.41, 5.74) is 6.20. The third kappa shape index (κ3) is 19.6. The van der Waals surface area contributed by atoms with E-state index in [1.807, 2.05) is 30.3 Å². The number of Topliss-reactive ketones (excluding diaryl/α,β-unsaturated/α-hetero) is 2. The van der Waals surface area contributed by atoms with Crippen LogP contribution in [-0.4, -0.2) is 102 Å². The lowest BCUT2D eigenvalue weighted by Gasteiger charge is -2.18. The van der Waals surface area contributed by atoms with Crippen molar-refractivity contribution in [2.75, 3.05) is 66.4 Å². The molecule has 0 fully saturated rings. The van der Waals surface area contributed by atoms with Crippen molar-refractivity contribution in [3.05, 3.63) is 35.9 Å². The maximum atomic E-state index is 13.0. The van der Waals surface area contributed by atoms with Crippen LogP contribution in [-0.2, 0) is 44.5 Å². The van der Waals surface area contributed by atoms with Gasteiger partial charge in [0.15, 0.2) is 11.6 Å². The molecule has 13 heteroatoms. The zero-order chi connectivity index (χ0) is 30.8. The maximum absolute atomic E-state index is 13.0. The number of hydrogen-bond donors (Lipinski definition) is 4. The number of benzene rings is 1. The quantitative estimate of drug-likeness (QED) is 0.117. The lowest BCUT2D eigenvalue weighted by molar-refractivity contribution is -0.130. The average Bonchev–Trinajstić information content (AvgIpc) is 2.99. The highest BCUT2D eigenvalue weighted by molar-refractivity contribution is 5.93. The van der Waals surface area contributed by atoms with Gasteiger partial charge in [-0.25, -0.2) is 4.79 Å². The van der Waals surface area contributed by atoms with Crippen LogP contribution in [0.25, 0.3) is 0 Å². The molecule has 0 heterocycles. The van der Waals surface area contributed by atoms with E-state index in [9.17, 15) is 24.0 Å². The predicted molar refractivity (Wildman–Crippen MR) is 155 cm³/mol. The molecular formula is C29H46N4O9. The molecule has 5 N–H and O–H groups in total. The molecule has 0 radical (unpaired) electrons. The van der Waals surface area contributed by atoms with Gasteiger partial charge in [0, 0.05) is 52.6 Å². The van der Waals surface area contributed by atoms with Crippen LogP contribution in [0.5, 0.6) is 0 Å². The number of ketones is 2. The fourth-order valence-corrected chi connectivity index (χ4v) is 3.55. The van der Waals surface area contributed by atoms with Crippen LogP contribution in [0.1, 0.15) is 44.1 Å². The van der Waals surface area contributed by atoms with Crippen molar-refractivity contribution in [3.63, 3.8) is 0 Å². The number of amides is 3. The monoisotopic (exact) mass is 594 g/mol. The van der Waals surface area contributed by atoms with E-state index in [-0.39, 0.29) is 69.3 Å². The van der Waals surface area contributed by atoms with Gasteiger partial charge in [0.05, 0.1) is 32.4 Å². The summed E-state index contributed by atoms with van der Waals surface area (Å²) in [6.45, 7) is 2.86. The summed E-state index contributed by atoms with van der Waals surface area (Å²) < 4.78 is 20.4. The van der Waals surface area contributed by atoms with Gasteiger partial charge in [-0.2, -0.15) is 0 Å². The normalized spacial score (nSPS) is 11.4. The van der Waals surface area contributed by atoms with Crippen molar-refractivity contribution in [2.45, 2.75) is 51.0 Å². The highest BCUT2D eigenvalue weighted by Crippen LogP contribution is 2.08. The number of carbonyl (C=O) groups is 5. The smallest absolute Gasteiger partial charge is 0.407 e. The molecule has 0 saturated carbocycles. The zero-order valence-corrected chi connectivity index (χ0v) is 24.5. The fraction of sp³-hybridized carbons (Fsp3) is 0.621. The van der Waals surface area contributed by atoms with Gasteiger partial charge in [0.1, 0.15) is 6.61 Å². The second-order valence-corrected chi connectivity index (χ2v) is 9.37. The minimum absolute atomic E-state index is 0.00932. The van der Waals surface area contributed by atoms with Gasteiger partial charge in [-0.1, -0.05) is 30.3 Å². The van der Waals surface area contributed by atoms with E-state index in [1.165, 1.54) is 0 Å². The number of nitrogens with one attached hydrogen (secondary N) is 3. The Morgan fingerprint density at radius 1 is 0.786 bits per heavy atom. The van der Waals surface area contributed by atoms with E-state index >= 15 is 0 Å². The van der Waals surface area contributed by atoms with E-state index in [0.717, 1.165) is 5.56 Å². The van der Waals surface area contributed by atoms with Gasteiger partial charge >= 0.3 is 6.09 Å². The second kappa shape index (κ2) is 24.2. The molecule has 1 aromatic rings. The Kier molecular flexibility index (Phi) is 21.1. The maximum Gasteiger partial charge on any atom is 0.407 e. The van der Waals surface area contributed by atoms with E-state index in [4.69, 9.17) is 24.7 Å². The van der Waals surface area contributed by atoms with Crippen LogP contribution < -0.4 is 21.7 Å². The molecule has 13 nitrogen and oxygen atoms in total. The molecule has 3 amide bonds. The van der Waals surface area contributed by atoms with Crippen LogP contribution in [0.2, 0.25) is 0 Å². The Morgan fingerprint density at radius 3 is 2.19 bits per heavy atom. The number of hydrogen-bond acceptors (Lipinski definition) is 10. The largest absolute Gasteiger partial charge is 0.447 e. The molecule has 0 aromatic heterocycles. The first-order valence-corrected chi connectivity index (χ1v) is 14.2. The second-order valence-electron chi connectivity index (χ2n) is 9.37. The Bertz CT molecular complexity index is 931. The molecule has 1 aromatic carbocycles. The van der Waals surface area contributed by atoms with Gasteiger partial charge in [0.2, 0.25) is 11.8 Å². The molecule has 0 aliphatic carbocycles. The average molecular weight is 595 g/mol.